The second-order valence-corrected chi connectivity index (χ2v) is 3.67. The highest BCUT2D eigenvalue weighted by molar-refractivity contribution is 14.0. The van der Waals surface area contributed by atoms with Crippen LogP contribution in [0.4, 0.5) is 0 Å². The molecule has 0 heterocycles. The van der Waals surface area contributed by atoms with Gasteiger partial charge in [-0.1, -0.05) is 23.7 Å². The van der Waals surface area contributed by atoms with Crippen molar-refractivity contribution in [2.24, 2.45) is 4.99 Å². The van der Waals surface area contributed by atoms with Crippen molar-refractivity contribution in [2.45, 2.75) is 13.5 Å². The molecule has 0 aromatic heterocycles. The first kappa shape index (κ1) is 15.5. The molecule has 0 aliphatic carbocycles. The monoisotopic (exact) mass is 353 g/mol. The lowest BCUT2D eigenvalue weighted by Crippen LogP contribution is -2.34. The molecule has 1 aromatic carbocycles. The van der Waals surface area contributed by atoms with Gasteiger partial charge in [-0.15, -0.1) is 24.0 Å². The summed E-state index contributed by atoms with van der Waals surface area (Å²) >= 11 is 5.94. The lowest BCUT2D eigenvalue weighted by Gasteiger charge is -2.09. The van der Waals surface area contributed by atoms with E-state index in [9.17, 15) is 0 Å². The lowest BCUT2D eigenvalue weighted by molar-refractivity contribution is 0.865. The van der Waals surface area contributed by atoms with Crippen LogP contribution in [0.15, 0.2) is 23.2 Å². The Balaban J connectivity index is 0.00000225. The van der Waals surface area contributed by atoms with E-state index in [0.717, 1.165) is 23.1 Å². The molecule has 0 saturated heterocycles. The van der Waals surface area contributed by atoms with Gasteiger partial charge in [0.2, 0.25) is 0 Å². The molecule has 1 rings (SSSR count). The minimum absolute atomic E-state index is 0. The summed E-state index contributed by atoms with van der Waals surface area (Å²) in [4.78, 5) is 4.03. The zero-order valence-electron chi connectivity index (χ0n) is 9.67. The first-order valence-corrected chi connectivity index (χ1v) is 5.18. The maximum Gasteiger partial charge on any atom is 0.190 e. The highest BCUT2D eigenvalue weighted by Crippen LogP contribution is 2.15. The molecule has 0 aliphatic heterocycles. The minimum Gasteiger partial charge on any atom is -0.359 e. The zero-order chi connectivity index (χ0) is 11.3. The number of nitrogens with one attached hydrogen (secondary N) is 2. The SMILES string of the molecule is CN=C(NC)NCc1ccc(Cl)c(C)c1.I. The smallest absolute Gasteiger partial charge is 0.190 e. The van der Waals surface area contributed by atoms with E-state index in [4.69, 9.17) is 11.6 Å². The number of hydrogen-bond acceptors (Lipinski definition) is 1. The van der Waals surface area contributed by atoms with Crippen LogP contribution in [0.5, 0.6) is 0 Å². The van der Waals surface area contributed by atoms with E-state index in [0.29, 0.717) is 0 Å². The van der Waals surface area contributed by atoms with Crippen LogP contribution in [0.1, 0.15) is 11.1 Å². The Morgan fingerprint density at radius 1 is 1.44 bits per heavy atom. The second kappa shape index (κ2) is 7.73. The topological polar surface area (TPSA) is 36.4 Å². The molecular weight excluding hydrogens is 336 g/mol. The van der Waals surface area contributed by atoms with Gasteiger partial charge < -0.3 is 10.6 Å². The number of guanidine groups is 1. The number of nitrogens with zero attached hydrogens (tertiary/aromatic N) is 1. The molecule has 90 valence electrons. The summed E-state index contributed by atoms with van der Waals surface area (Å²) in [5, 5.41) is 6.94. The fourth-order valence-electron chi connectivity index (χ4n) is 1.28. The van der Waals surface area contributed by atoms with Crippen LogP contribution in [0.3, 0.4) is 0 Å². The fraction of sp³-hybridized carbons (Fsp3) is 0.364. The van der Waals surface area contributed by atoms with Crippen LogP contribution >= 0.6 is 35.6 Å². The highest BCUT2D eigenvalue weighted by Gasteiger charge is 1.98. The molecule has 3 nitrogen and oxygen atoms in total. The molecule has 0 atom stereocenters. The van der Waals surface area contributed by atoms with Gasteiger partial charge in [-0.2, -0.15) is 0 Å². The summed E-state index contributed by atoms with van der Waals surface area (Å²) in [6.07, 6.45) is 0. The number of aliphatic imine (C=N–C) groups is 1. The first-order valence-electron chi connectivity index (χ1n) is 4.80. The number of halogens is 2. The number of rotatable bonds is 2. The Bertz CT molecular complexity index is 366. The van der Waals surface area contributed by atoms with E-state index < -0.39 is 0 Å². The predicted octanol–water partition coefficient (Wildman–Crippen LogP) is 2.56. The van der Waals surface area contributed by atoms with Gasteiger partial charge in [-0.3, -0.25) is 4.99 Å². The van der Waals surface area contributed by atoms with E-state index >= 15 is 0 Å². The molecular formula is C11H17ClIN3. The molecule has 0 spiro atoms. The molecule has 0 fully saturated rings. The maximum atomic E-state index is 5.94. The molecule has 16 heavy (non-hydrogen) atoms. The van der Waals surface area contributed by atoms with Crippen molar-refractivity contribution in [1.82, 2.24) is 10.6 Å². The van der Waals surface area contributed by atoms with Crippen molar-refractivity contribution in [3.05, 3.63) is 34.3 Å². The van der Waals surface area contributed by atoms with E-state index in [1.54, 1.807) is 7.05 Å². The molecule has 0 unspecified atom stereocenters. The van der Waals surface area contributed by atoms with Gasteiger partial charge >= 0.3 is 0 Å². The normalized spacial score (nSPS) is 10.6. The van der Waals surface area contributed by atoms with Crippen LogP contribution in [0.25, 0.3) is 0 Å². The van der Waals surface area contributed by atoms with Gasteiger partial charge in [-0.05, 0) is 24.1 Å². The Morgan fingerprint density at radius 3 is 2.62 bits per heavy atom. The van der Waals surface area contributed by atoms with Crippen LogP contribution in [0, 0.1) is 6.92 Å². The van der Waals surface area contributed by atoms with Gasteiger partial charge in [0.1, 0.15) is 0 Å². The van der Waals surface area contributed by atoms with E-state index in [-0.39, 0.29) is 24.0 Å². The van der Waals surface area contributed by atoms with Crippen molar-refractivity contribution < 1.29 is 0 Å². The average Bonchev–Trinajstić information content (AvgIpc) is 2.24. The summed E-state index contributed by atoms with van der Waals surface area (Å²) in [5.74, 6) is 0.780. The summed E-state index contributed by atoms with van der Waals surface area (Å²) in [5.41, 5.74) is 2.28. The van der Waals surface area contributed by atoms with Gasteiger partial charge in [0.25, 0.3) is 0 Å². The van der Waals surface area contributed by atoms with E-state index in [1.165, 1.54) is 5.56 Å². The lowest BCUT2D eigenvalue weighted by atomic mass is 10.1. The average molecular weight is 354 g/mol. The standard InChI is InChI=1S/C11H16ClN3.HI/c1-8-6-9(4-5-10(8)12)7-15-11(13-2)14-3;/h4-6H,7H2,1-3H3,(H2,13,14,15);1H. The second-order valence-electron chi connectivity index (χ2n) is 3.26. The van der Waals surface area contributed by atoms with Gasteiger partial charge in [0.15, 0.2) is 5.96 Å². The molecule has 0 amide bonds. The zero-order valence-corrected chi connectivity index (χ0v) is 12.8. The molecule has 0 saturated carbocycles. The Labute approximate surface area is 119 Å². The van der Waals surface area contributed by atoms with Crippen LogP contribution in [-0.4, -0.2) is 20.1 Å². The maximum absolute atomic E-state index is 5.94. The first-order chi connectivity index (χ1) is 7.17. The Morgan fingerprint density at radius 2 is 2.12 bits per heavy atom. The fourth-order valence-corrected chi connectivity index (χ4v) is 1.40. The van der Waals surface area contributed by atoms with E-state index in [2.05, 4.69) is 21.7 Å². The van der Waals surface area contributed by atoms with Crippen molar-refractivity contribution in [3.63, 3.8) is 0 Å². The summed E-state index contributed by atoms with van der Waals surface area (Å²) in [6, 6.07) is 5.99. The molecule has 2 N–H and O–H groups in total. The summed E-state index contributed by atoms with van der Waals surface area (Å²) in [6.45, 7) is 2.74. The van der Waals surface area contributed by atoms with Crippen molar-refractivity contribution in [3.8, 4) is 0 Å². The third-order valence-electron chi connectivity index (χ3n) is 2.14. The van der Waals surface area contributed by atoms with Crippen molar-refractivity contribution in [2.75, 3.05) is 14.1 Å². The summed E-state index contributed by atoms with van der Waals surface area (Å²) in [7, 11) is 3.58. The molecule has 1 aromatic rings. The third-order valence-corrected chi connectivity index (χ3v) is 2.57. The summed E-state index contributed by atoms with van der Waals surface area (Å²) < 4.78 is 0. The predicted molar refractivity (Wildman–Crippen MR) is 80.9 cm³/mol. The van der Waals surface area contributed by atoms with Crippen LogP contribution < -0.4 is 10.6 Å². The molecule has 0 aliphatic rings. The Kier molecular flexibility index (Phi) is 7.49. The van der Waals surface area contributed by atoms with Crippen molar-refractivity contribution >= 4 is 41.5 Å². The quantitative estimate of drug-likeness (QED) is 0.487. The molecule has 5 heteroatoms. The van der Waals surface area contributed by atoms with Gasteiger partial charge in [0, 0.05) is 25.7 Å². The highest BCUT2D eigenvalue weighted by atomic mass is 127. The van der Waals surface area contributed by atoms with Crippen LogP contribution in [0.2, 0.25) is 5.02 Å². The van der Waals surface area contributed by atoms with Crippen molar-refractivity contribution in [1.29, 1.82) is 0 Å². The largest absolute Gasteiger partial charge is 0.359 e. The molecule has 0 bridgehead atoms. The number of benzene rings is 1. The third kappa shape index (κ3) is 4.57. The van der Waals surface area contributed by atoms with Crippen LogP contribution in [-0.2, 0) is 6.54 Å². The minimum atomic E-state index is 0. The Hall–Kier alpha value is -0.490. The number of aryl methyl sites for hydroxylation is 1. The van der Waals surface area contributed by atoms with Gasteiger partial charge in [0.05, 0.1) is 0 Å². The van der Waals surface area contributed by atoms with E-state index in [1.807, 2.05) is 26.1 Å². The molecule has 0 radical (unpaired) electrons. The van der Waals surface area contributed by atoms with Gasteiger partial charge in [-0.25, -0.2) is 0 Å². The number of hydrogen-bond donors (Lipinski definition) is 2.